The second-order valence-corrected chi connectivity index (χ2v) is 5.35. The maximum Gasteiger partial charge on any atom is 0.200 e. The van der Waals surface area contributed by atoms with E-state index in [-0.39, 0.29) is 5.43 Å². The molecule has 3 rings (SSSR count). The molecule has 1 aliphatic heterocycles. The number of hydrogen-bond acceptors (Lipinski definition) is 2. The van der Waals surface area contributed by atoms with Crippen LogP contribution in [0, 0.1) is 6.92 Å². The lowest BCUT2D eigenvalue weighted by atomic mass is 9.97. The highest BCUT2D eigenvalue weighted by atomic mass is 16.5. The monoisotopic (exact) mass is 269 g/mol. The second-order valence-electron chi connectivity index (χ2n) is 5.35. The van der Waals surface area contributed by atoms with Crippen molar-refractivity contribution in [2.75, 3.05) is 6.61 Å². The van der Waals surface area contributed by atoms with E-state index in [2.05, 4.69) is 17.2 Å². The Hall–Kier alpha value is -2.03. The first kappa shape index (κ1) is 13.0. The number of benzene rings is 1. The fourth-order valence-corrected chi connectivity index (χ4v) is 3.05. The van der Waals surface area contributed by atoms with Crippen LogP contribution in [0.1, 0.15) is 30.0 Å². The van der Waals surface area contributed by atoms with Gasteiger partial charge in [0, 0.05) is 18.1 Å². The van der Waals surface area contributed by atoms with Crippen LogP contribution >= 0.6 is 0 Å². The Morgan fingerprint density at radius 3 is 3.00 bits per heavy atom. The van der Waals surface area contributed by atoms with Crippen molar-refractivity contribution in [2.24, 2.45) is 0 Å². The minimum atomic E-state index is 0.0292. The van der Waals surface area contributed by atoms with Gasteiger partial charge in [-0.3, -0.25) is 4.79 Å². The first-order valence-corrected chi connectivity index (χ1v) is 7.10. The third-order valence-corrected chi connectivity index (χ3v) is 3.86. The molecule has 0 unspecified atom stereocenters. The predicted molar refractivity (Wildman–Crippen MR) is 81.9 cm³/mol. The molecule has 0 amide bonds. The van der Waals surface area contributed by atoms with E-state index in [1.807, 2.05) is 26.1 Å². The molecule has 0 fully saturated rings. The van der Waals surface area contributed by atoms with Crippen LogP contribution < -0.4 is 5.43 Å². The van der Waals surface area contributed by atoms with Crippen molar-refractivity contribution < 1.29 is 4.74 Å². The number of rotatable bonds is 3. The Labute approximate surface area is 118 Å². The zero-order valence-corrected chi connectivity index (χ0v) is 12.0. The molecule has 2 aromatic rings. The van der Waals surface area contributed by atoms with Crippen molar-refractivity contribution in [2.45, 2.75) is 33.2 Å². The Balaban J connectivity index is 2.34. The Kier molecular flexibility index (Phi) is 3.13. The van der Waals surface area contributed by atoms with Gasteiger partial charge in [0.2, 0.25) is 0 Å². The molecule has 1 aromatic carbocycles. The Morgan fingerprint density at radius 1 is 1.45 bits per heavy atom. The summed E-state index contributed by atoms with van der Waals surface area (Å²) in [4.78, 5) is 12.7. The summed E-state index contributed by atoms with van der Waals surface area (Å²) < 4.78 is 7.60. The minimum Gasteiger partial charge on any atom is -0.494 e. The van der Waals surface area contributed by atoms with Gasteiger partial charge in [-0.25, -0.2) is 0 Å². The van der Waals surface area contributed by atoms with Crippen LogP contribution in [-0.2, 0) is 17.7 Å². The molecular weight excluding hydrogens is 250 g/mol. The maximum atomic E-state index is 12.7. The zero-order chi connectivity index (χ0) is 14.3. The van der Waals surface area contributed by atoms with Crippen molar-refractivity contribution in [3.63, 3.8) is 0 Å². The fourth-order valence-electron chi connectivity index (χ4n) is 3.05. The van der Waals surface area contributed by atoms with Gasteiger partial charge < -0.3 is 9.30 Å². The van der Waals surface area contributed by atoms with Gasteiger partial charge in [0.15, 0.2) is 5.43 Å². The van der Waals surface area contributed by atoms with Crippen LogP contribution in [0.3, 0.4) is 0 Å². The minimum absolute atomic E-state index is 0.0292. The molecule has 0 radical (unpaired) electrons. The smallest absolute Gasteiger partial charge is 0.200 e. The number of nitrogens with zero attached hydrogens (tertiary/aromatic N) is 1. The molecular formula is C17H19NO2. The number of aromatic nitrogens is 1. The first-order valence-electron chi connectivity index (χ1n) is 7.10. The van der Waals surface area contributed by atoms with Crippen LogP contribution in [0.25, 0.3) is 16.7 Å². The van der Waals surface area contributed by atoms with Crippen LogP contribution in [0.4, 0.5) is 0 Å². The van der Waals surface area contributed by atoms with Gasteiger partial charge in [-0.15, -0.1) is 0 Å². The summed E-state index contributed by atoms with van der Waals surface area (Å²) in [5, 5.41) is 0.790. The summed E-state index contributed by atoms with van der Waals surface area (Å²) in [5.41, 5.74) is 4.10. The van der Waals surface area contributed by atoms with Crippen molar-refractivity contribution in [1.82, 2.24) is 4.57 Å². The van der Waals surface area contributed by atoms with Gasteiger partial charge >= 0.3 is 0 Å². The fraction of sp³-hybridized carbons (Fsp3) is 0.353. The molecule has 2 heterocycles. The molecule has 1 aromatic heterocycles. The molecule has 0 aliphatic carbocycles. The topological polar surface area (TPSA) is 31.2 Å². The molecule has 20 heavy (non-hydrogen) atoms. The molecule has 3 nitrogen and oxygen atoms in total. The summed E-state index contributed by atoms with van der Waals surface area (Å²) in [7, 11) is 0. The van der Waals surface area contributed by atoms with Gasteiger partial charge in [0.1, 0.15) is 5.76 Å². The van der Waals surface area contributed by atoms with E-state index in [1.54, 1.807) is 0 Å². The molecule has 0 saturated carbocycles. The average molecular weight is 269 g/mol. The van der Waals surface area contributed by atoms with E-state index in [1.165, 1.54) is 5.56 Å². The molecule has 0 spiro atoms. The van der Waals surface area contributed by atoms with Crippen LogP contribution in [0.5, 0.6) is 0 Å². The zero-order valence-electron chi connectivity index (χ0n) is 12.0. The van der Waals surface area contributed by atoms with Gasteiger partial charge in [-0.1, -0.05) is 12.6 Å². The predicted octanol–water partition coefficient (Wildman–Crippen LogP) is 3.26. The lowest BCUT2D eigenvalue weighted by molar-refractivity contribution is 0.298. The van der Waals surface area contributed by atoms with Gasteiger partial charge in [-0.05, 0) is 43.9 Å². The summed E-state index contributed by atoms with van der Waals surface area (Å²) >= 11 is 0. The lowest BCUT2D eigenvalue weighted by Crippen LogP contribution is -2.19. The first-order chi connectivity index (χ1) is 9.61. The van der Waals surface area contributed by atoms with Gasteiger partial charge in [0.05, 0.1) is 17.7 Å². The van der Waals surface area contributed by atoms with Crippen LogP contribution in [0.2, 0.25) is 0 Å². The van der Waals surface area contributed by atoms with Gasteiger partial charge in [-0.2, -0.15) is 0 Å². The van der Waals surface area contributed by atoms with E-state index in [9.17, 15) is 4.79 Å². The highest BCUT2D eigenvalue weighted by Gasteiger charge is 2.18. The number of ether oxygens (including phenoxy) is 1. The summed E-state index contributed by atoms with van der Waals surface area (Å²) in [6, 6.07) is 4.17. The highest BCUT2D eigenvalue weighted by molar-refractivity contribution is 5.86. The van der Waals surface area contributed by atoms with E-state index in [0.717, 1.165) is 35.9 Å². The third kappa shape index (κ3) is 1.94. The number of hydrogen-bond donors (Lipinski definition) is 0. The molecule has 0 N–H and O–H groups in total. The maximum absolute atomic E-state index is 12.7. The van der Waals surface area contributed by atoms with Gasteiger partial charge in [0.25, 0.3) is 0 Å². The van der Waals surface area contributed by atoms with Crippen molar-refractivity contribution in [3.8, 4) is 0 Å². The molecule has 1 aliphatic rings. The Morgan fingerprint density at radius 2 is 2.25 bits per heavy atom. The van der Waals surface area contributed by atoms with E-state index < -0.39 is 0 Å². The second kappa shape index (κ2) is 4.82. The van der Waals surface area contributed by atoms with Crippen molar-refractivity contribution in [3.05, 3.63) is 51.8 Å². The number of aryl methyl sites for hydroxylation is 3. The average Bonchev–Trinajstić information content (AvgIpc) is 2.42. The SMILES string of the molecule is C=C(OCC)c1cn2c3c(cc(C)cc3c1=O)CCC2. The van der Waals surface area contributed by atoms with E-state index in [0.29, 0.717) is 17.9 Å². The largest absolute Gasteiger partial charge is 0.494 e. The van der Waals surface area contributed by atoms with Crippen molar-refractivity contribution >= 4 is 16.7 Å². The molecule has 0 bridgehead atoms. The van der Waals surface area contributed by atoms with E-state index in [4.69, 9.17) is 4.74 Å². The molecule has 0 atom stereocenters. The quantitative estimate of drug-likeness (QED) is 0.801. The summed E-state index contributed by atoms with van der Waals surface area (Å²) in [6.45, 7) is 9.29. The lowest BCUT2D eigenvalue weighted by Gasteiger charge is -2.22. The third-order valence-electron chi connectivity index (χ3n) is 3.86. The molecule has 0 saturated heterocycles. The van der Waals surface area contributed by atoms with Crippen molar-refractivity contribution in [1.29, 1.82) is 0 Å². The molecule has 3 heteroatoms. The summed E-state index contributed by atoms with van der Waals surface area (Å²) in [6.07, 6.45) is 4.05. The summed E-state index contributed by atoms with van der Waals surface area (Å²) in [5.74, 6) is 0.469. The number of pyridine rings is 1. The standard InChI is InChI=1S/C17H19NO2/c1-4-20-12(3)15-10-18-7-5-6-13-8-11(2)9-14(16(13)18)17(15)19/h8-10H,3-7H2,1-2H3. The normalized spacial score (nSPS) is 13.5. The Bertz CT molecular complexity index is 756. The molecule has 104 valence electrons. The van der Waals surface area contributed by atoms with Crippen LogP contribution in [0.15, 0.2) is 29.7 Å². The van der Waals surface area contributed by atoms with E-state index >= 15 is 0 Å². The van der Waals surface area contributed by atoms with Crippen LogP contribution in [-0.4, -0.2) is 11.2 Å². The highest BCUT2D eigenvalue weighted by Crippen LogP contribution is 2.26.